The first-order valence-corrected chi connectivity index (χ1v) is 13.1. The summed E-state index contributed by atoms with van der Waals surface area (Å²) in [6, 6.07) is 27.9. The smallest absolute Gasteiger partial charge is 0.305 e. The van der Waals surface area contributed by atoms with E-state index in [2.05, 4.69) is 4.98 Å². The van der Waals surface area contributed by atoms with Crippen molar-refractivity contribution >= 4 is 16.0 Å². The van der Waals surface area contributed by atoms with E-state index >= 15 is 0 Å². The van der Waals surface area contributed by atoms with Crippen LogP contribution in [0.2, 0.25) is 0 Å². The molecule has 184 valence electrons. The number of hydrogen-bond acceptors (Lipinski definition) is 5. The fraction of sp³-hybridized carbons (Fsp3) is 0.172. The van der Waals surface area contributed by atoms with Crippen LogP contribution in [0.25, 0.3) is 11.1 Å². The maximum absolute atomic E-state index is 13.6. The van der Waals surface area contributed by atoms with Gasteiger partial charge in [-0.2, -0.15) is 4.31 Å². The first-order valence-electron chi connectivity index (χ1n) is 11.6. The molecule has 0 unspecified atom stereocenters. The lowest BCUT2D eigenvalue weighted by Crippen LogP contribution is -2.30. The number of pyridine rings is 1. The summed E-state index contributed by atoms with van der Waals surface area (Å²) in [6.45, 7) is 0.421. The van der Waals surface area contributed by atoms with Crippen LogP contribution < -0.4 is 0 Å². The standard InChI is InChI=1S/C29H28N2O4S/c1-35-29(32)17-14-23-7-5-8-25(19-23)22-31(36(33,34)28-10-3-2-4-11-28)21-24-12-15-26(16-13-24)27-9-6-18-30-20-27/h2-13,15-16,18-20H,14,17,21-22H2,1H3. The van der Waals surface area contributed by atoms with E-state index in [0.717, 1.165) is 27.8 Å². The molecular weight excluding hydrogens is 472 g/mol. The Bertz CT molecular complexity index is 1390. The van der Waals surface area contributed by atoms with E-state index in [0.29, 0.717) is 6.42 Å². The lowest BCUT2D eigenvalue weighted by atomic mass is 10.1. The number of sulfonamides is 1. The monoisotopic (exact) mass is 500 g/mol. The number of carbonyl (C=O) groups excluding carboxylic acids is 1. The van der Waals surface area contributed by atoms with Crippen LogP contribution in [0.4, 0.5) is 0 Å². The summed E-state index contributed by atoms with van der Waals surface area (Å²) >= 11 is 0. The number of nitrogens with zero attached hydrogens (tertiary/aromatic N) is 2. The van der Waals surface area contributed by atoms with Crippen LogP contribution in [0.1, 0.15) is 23.1 Å². The molecule has 0 atom stereocenters. The van der Waals surface area contributed by atoms with Gasteiger partial charge in [-0.05, 0) is 52.4 Å². The number of rotatable bonds is 10. The first kappa shape index (κ1) is 25.3. The van der Waals surface area contributed by atoms with Crippen molar-refractivity contribution in [3.63, 3.8) is 0 Å². The molecule has 0 saturated carbocycles. The Morgan fingerprint density at radius 1 is 0.806 bits per heavy atom. The quantitative estimate of drug-likeness (QED) is 0.278. The van der Waals surface area contributed by atoms with E-state index in [1.165, 1.54) is 11.4 Å². The highest BCUT2D eigenvalue weighted by Crippen LogP contribution is 2.24. The van der Waals surface area contributed by atoms with Crippen molar-refractivity contribution < 1.29 is 17.9 Å². The maximum Gasteiger partial charge on any atom is 0.305 e. The van der Waals surface area contributed by atoms with Crippen molar-refractivity contribution in [1.82, 2.24) is 9.29 Å². The molecule has 0 radical (unpaired) electrons. The molecule has 0 N–H and O–H groups in total. The molecular formula is C29H28N2O4S. The van der Waals surface area contributed by atoms with Crippen molar-refractivity contribution in [1.29, 1.82) is 0 Å². The van der Waals surface area contributed by atoms with E-state index in [-0.39, 0.29) is 30.4 Å². The molecule has 0 saturated heterocycles. The largest absolute Gasteiger partial charge is 0.469 e. The molecule has 4 aromatic rings. The van der Waals surface area contributed by atoms with Gasteiger partial charge in [-0.3, -0.25) is 9.78 Å². The highest BCUT2D eigenvalue weighted by molar-refractivity contribution is 7.89. The normalized spacial score (nSPS) is 11.4. The van der Waals surface area contributed by atoms with Gasteiger partial charge in [0.05, 0.1) is 12.0 Å². The number of carbonyl (C=O) groups is 1. The van der Waals surface area contributed by atoms with Gasteiger partial charge in [-0.1, -0.05) is 72.8 Å². The summed E-state index contributed by atoms with van der Waals surface area (Å²) in [4.78, 5) is 16.0. The van der Waals surface area contributed by atoms with Crippen molar-refractivity contribution in [2.75, 3.05) is 7.11 Å². The van der Waals surface area contributed by atoms with Crippen molar-refractivity contribution in [2.24, 2.45) is 0 Å². The van der Waals surface area contributed by atoms with Crippen LogP contribution >= 0.6 is 0 Å². The molecule has 7 heteroatoms. The second-order valence-electron chi connectivity index (χ2n) is 8.42. The third kappa shape index (κ3) is 6.44. The maximum atomic E-state index is 13.6. The van der Waals surface area contributed by atoms with Gasteiger partial charge in [-0.15, -0.1) is 0 Å². The molecule has 6 nitrogen and oxygen atoms in total. The molecule has 1 aromatic heterocycles. The minimum Gasteiger partial charge on any atom is -0.469 e. The second kappa shape index (κ2) is 11.7. The Labute approximate surface area is 212 Å². The third-order valence-corrected chi connectivity index (χ3v) is 7.69. The van der Waals surface area contributed by atoms with Gasteiger partial charge in [0.1, 0.15) is 0 Å². The molecule has 36 heavy (non-hydrogen) atoms. The lowest BCUT2D eigenvalue weighted by Gasteiger charge is -2.23. The van der Waals surface area contributed by atoms with Crippen molar-refractivity contribution in [3.8, 4) is 11.1 Å². The van der Waals surface area contributed by atoms with E-state index < -0.39 is 10.0 Å². The average Bonchev–Trinajstić information content (AvgIpc) is 2.93. The van der Waals surface area contributed by atoms with Crippen LogP contribution in [0.5, 0.6) is 0 Å². The van der Waals surface area contributed by atoms with Gasteiger partial charge >= 0.3 is 5.97 Å². The summed E-state index contributed by atoms with van der Waals surface area (Å²) in [5, 5.41) is 0. The topological polar surface area (TPSA) is 76.6 Å². The van der Waals surface area contributed by atoms with Crippen LogP contribution in [0.3, 0.4) is 0 Å². The number of aromatic nitrogens is 1. The number of hydrogen-bond donors (Lipinski definition) is 0. The Balaban J connectivity index is 1.60. The molecule has 3 aromatic carbocycles. The van der Waals surface area contributed by atoms with Crippen LogP contribution in [-0.4, -0.2) is 30.8 Å². The third-order valence-electron chi connectivity index (χ3n) is 5.88. The summed E-state index contributed by atoms with van der Waals surface area (Å²) in [6.07, 6.45) is 4.33. The van der Waals surface area contributed by atoms with E-state index in [4.69, 9.17) is 4.74 Å². The highest BCUT2D eigenvalue weighted by atomic mass is 32.2. The minimum absolute atomic E-state index is 0.202. The zero-order valence-electron chi connectivity index (χ0n) is 20.1. The predicted octanol–water partition coefficient (Wildman–Crippen LogP) is 5.25. The van der Waals surface area contributed by atoms with Gasteiger partial charge in [0.25, 0.3) is 0 Å². The highest BCUT2D eigenvalue weighted by Gasteiger charge is 2.25. The molecule has 0 bridgehead atoms. The zero-order chi connectivity index (χ0) is 25.4. The van der Waals surface area contributed by atoms with Gasteiger partial charge in [0.2, 0.25) is 10.0 Å². The molecule has 0 fully saturated rings. The number of esters is 1. The zero-order valence-corrected chi connectivity index (χ0v) is 20.9. The summed E-state index contributed by atoms with van der Waals surface area (Å²) in [5.74, 6) is -0.275. The Kier molecular flexibility index (Phi) is 8.25. The van der Waals surface area contributed by atoms with E-state index in [1.807, 2.05) is 60.7 Å². The Hall–Kier alpha value is -3.81. The van der Waals surface area contributed by atoms with Gasteiger partial charge in [0.15, 0.2) is 0 Å². The predicted molar refractivity (Wildman–Crippen MR) is 139 cm³/mol. The summed E-state index contributed by atoms with van der Waals surface area (Å²) < 4.78 is 33.5. The summed E-state index contributed by atoms with van der Waals surface area (Å²) in [7, 11) is -2.38. The number of benzene rings is 3. The summed E-state index contributed by atoms with van der Waals surface area (Å²) in [5.41, 5.74) is 4.70. The SMILES string of the molecule is COC(=O)CCc1cccc(CN(Cc2ccc(-c3cccnc3)cc2)S(=O)(=O)c2ccccc2)c1. The molecule has 0 aliphatic carbocycles. The fourth-order valence-electron chi connectivity index (χ4n) is 3.94. The second-order valence-corrected chi connectivity index (χ2v) is 10.4. The Morgan fingerprint density at radius 2 is 1.53 bits per heavy atom. The van der Waals surface area contributed by atoms with Gasteiger partial charge < -0.3 is 4.74 Å². The van der Waals surface area contributed by atoms with Crippen molar-refractivity contribution in [3.05, 3.63) is 120 Å². The Morgan fingerprint density at radius 3 is 2.22 bits per heavy atom. The lowest BCUT2D eigenvalue weighted by molar-refractivity contribution is -0.140. The van der Waals surface area contributed by atoms with Crippen LogP contribution in [0.15, 0.2) is 108 Å². The fourth-order valence-corrected chi connectivity index (χ4v) is 5.38. The van der Waals surface area contributed by atoms with E-state index in [1.54, 1.807) is 42.7 Å². The van der Waals surface area contributed by atoms with Gasteiger partial charge in [0, 0.05) is 31.9 Å². The van der Waals surface area contributed by atoms with Gasteiger partial charge in [-0.25, -0.2) is 8.42 Å². The van der Waals surface area contributed by atoms with Crippen LogP contribution in [-0.2, 0) is 39.1 Å². The van der Waals surface area contributed by atoms with Crippen LogP contribution in [0, 0.1) is 0 Å². The molecule has 0 aliphatic heterocycles. The average molecular weight is 501 g/mol. The molecule has 0 aliphatic rings. The molecule has 0 spiro atoms. The number of ether oxygens (including phenoxy) is 1. The minimum atomic E-state index is -3.75. The van der Waals surface area contributed by atoms with E-state index in [9.17, 15) is 13.2 Å². The molecule has 0 amide bonds. The van der Waals surface area contributed by atoms with Crippen molar-refractivity contribution in [2.45, 2.75) is 30.8 Å². The number of methoxy groups -OCH3 is 1. The first-order chi connectivity index (χ1) is 17.5. The molecule has 1 heterocycles. The number of aryl methyl sites for hydroxylation is 1. The molecule has 4 rings (SSSR count).